The molecule has 2 amide bonds. The first-order valence-corrected chi connectivity index (χ1v) is 30.1. The number of sulfonamides is 2. The number of hydrogen-bond donors (Lipinski definition) is 3. The van der Waals surface area contributed by atoms with E-state index in [-0.39, 0.29) is 193 Å². The van der Waals surface area contributed by atoms with Gasteiger partial charge < -0.3 is 31.3 Å². The Morgan fingerprint density at radius 1 is 0.686 bits per heavy atom. The normalized spacial score (nSPS) is 17.9. The first-order chi connectivity index (χ1) is 38.2. The third kappa shape index (κ3) is 22.0. The Morgan fingerprint density at radius 3 is 1.47 bits per heavy atom. The molecule has 3 N–H and O–H groups in total. The third-order valence-corrected chi connectivity index (χ3v) is 17.7. The van der Waals surface area contributed by atoms with Crippen LogP contribution in [0.4, 0.5) is 5.82 Å². The number of rotatable bonds is 16. The maximum Gasteiger partial charge on any atom is 1.00 e. The Labute approximate surface area is 617 Å². The van der Waals surface area contributed by atoms with E-state index in [2.05, 4.69) is 90.4 Å². The number of halogens is 2. The molecule has 0 radical (unpaired) electrons. The summed E-state index contributed by atoms with van der Waals surface area (Å²) in [5, 5.41) is 20.6. The Morgan fingerprint density at radius 2 is 1.12 bits per heavy atom. The van der Waals surface area contributed by atoms with Crippen LogP contribution in [0.15, 0.2) is 119 Å². The van der Waals surface area contributed by atoms with Gasteiger partial charge >= 0.3 is 103 Å². The fraction of sp³-hybridized carbons (Fsp3) is 0.456. The van der Waals surface area contributed by atoms with Crippen molar-refractivity contribution >= 4 is 95.2 Å². The van der Waals surface area contributed by atoms with Crippen LogP contribution >= 0.6 is 51.0 Å². The van der Waals surface area contributed by atoms with E-state index in [9.17, 15) is 26.4 Å². The topological polar surface area (TPSA) is 271 Å². The molecule has 0 bridgehead atoms. The van der Waals surface area contributed by atoms with E-state index in [1.807, 2.05) is 4.72 Å². The van der Waals surface area contributed by atoms with Gasteiger partial charge in [0.25, 0.3) is 38.3 Å². The SMILES string of the molecule is CC1(COc2ccn(-c3ccc(C(=O)NS(=O)(=O)c4ccccc4)c(Cl)n3)n2)CCC1.C[C@@H]1CN(c2nc(-n3ccc(OCC4(C)CCC4)n3)ccc2C(=O)NS(=O)(=O)c2ccccc2)C(C)(C)C1.C[C@@H]1CNC(C)(C)C1.Cl.O=CO[O-].S.S.[H-].[K+].[K+]. The minimum Gasteiger partial charge on any atom is -1.00 e. The molecule has 6 heterocycles. The molecule has 0 spiro atoms. The van der Waals surface area contributed by atoms with Gasteiger partial charge in [0.05, 0.1) is 34.1 Å². The van der Waals surface area contributed by atoms with Gasteiger partial charge in [-0.25, -0.2) is 45.6 Å². The van der Waals surface area contributed by atoms with Crippen molar-refractivity contribution in [2.75, 3.05) is 31.2 Å². The number of carbonyl (C=O) groups is 3. The number of benzene rings is 2. The summed E-state index contributed by atoms with van der Waals surface area (Å²) >= 11 is 6.16. The second-order valence-electron chi connectivity index (χ2n) is 23.1. The van der Waals surface area contributed by atoms with Crippen LogP contribution in [-0.2, 0) is 29.7 Å². The van der Waals surface area contributed by atoms with Crippen molar-refractivity contribution in [1.82, 2.24) is 44.3 Å². The fourth-order valence-electron chi connectivity index (χ4n) is 10.1. The van der Waals surface area contributed by atoms with Crippen molar-refractivity contribution < 1.29 is 155 Å². The van der Waals surface area contributed by atoms with E-state index in [4.69, 9.17) is 36.1 Å². The fourth-order valence-corrected chi connectivity index (χ4v) is 12.3. The zero-order valence-electron chi connectivity index (χ0n) is 51.3. The van der Waals surface area contributed by atoms with E-state index in [1.54, 1.807) is 77.7 Å². The number of aromatic nitrogens is 6. The number of hydrogen-bond acceptors (Lipinski definition) is 17. The maximum absolute atomic E-state index is 13.4. The predicted molar refractivity (Wildman–Crippen MR) is 332 cm³/mol. The molecule has 29 heteroatoms. The van der Waals surface area contributed by atoms with Crippen LogP contribution in [0.2, 0.25) is 5.15 Å². The van der Waals surface area contributed by atoms with Gasteiger partial charge in [0.15, 0.2) is 11.6 Å². The van der Waals surface area contributed by atoms with Crippen molar-refractivity contribution in [2.45, 2.75) is 128 Å². The summed E-state index contributed by atoms with van der Waals surface area (Å²) in [4.78, 5) is 48.2. The van der Waals surface area contributed by atoms with E-state index < -0.39 is 31.9 Å². The number of amides is 2. The van der Waals surface area contributed by atoms with E-state index in [1.165, 1.54) is 66.9 Å². The van der Waals surface area contributed by atoms with Gasteiger partial charge in [0.2, 0.25) is 11.8 Å². The molecule has 2 saturated carbocycles. The van der Waals surface area contributed by atoms with E-state index in [0.717, 1.165) is 38.0 Å². The smallest absolute Gasteiger partial charge is 1.00 e. The standard InChI is InChI=1S/C28H35N5O4S.C21H21ClN4O4S.C7H15N.CH2O3.ClH.2K.2H2S.H/c1-20-17-27(2,3)32(18-20)25-22(26(34)31-38(35,36)21-9-6-5-7-10-21)11-12-23(29-25)33-16-13-24(30-33)37-19-28(4)14-8-15-28;1-21(11-5-12-21)14-30-18-10-13-26(24-18)17-9-8-16(19(22)23-17)20(27)25-31(28,29)15-6-3-2-4-7-15;1-6-4-7(2,3)8-5-6;2-1-4-3;;;;;;/h5-7,9-13,16,20H,8,14-15,17-19H2,1-4H3,(H,31,34);2-4,6-10,13H,5,11-12,14H2,1H3,(H,25,27);6,8H,4-5H2,1-3H3;1,3H;1H;;;2*1H2;/q;;;;;2*+1;;;-1/p-1/t20-;;6-;;;;;;;/m0.0......./s1. The van der Waals surface area contributed by atoms with Crippen LogP contribution in [0.3, 0.4) is 0 Å². The molecule has 462 valence electrons. The maximum atomic E-state index is 13.4. The van der Waals surface area contributed by atoms with Gasteiger partial charge in [0, 0.05) is 53.0 Å². The Kier molecular flexibility index (Phi) is 32.0. The number of nitrogens with one attached hydrogen (secondary N) is 3. The summed E-state index contributed by atoms with van der Waals surface area (Å²) in [5.41, 5.74) is 0.695. The van der Waals surface area contributed by atoms with Gasteiger partial charge in [-0.2, -0.15) is 27.0 Å². The molecule has 10 rings (SSSR count). The van der Waals surface area contributed by atoms with Gasteiger partial charge in [-0.3, -0.25) is 14.4 Å². The molecule has 0 unspecified atom stereocenters. The molecule has 2 aliphatic heterocycles. The first kappa shape index (κ1) is 79.4. The van der Waals surface area contributed by atoms with Gasteiger partial charge in [-0.1, -0.05) is 88.5 Å². The van der Waals surface area contributed by atoms with Crippen LogP contribution in [0, 0.1) is 22.7 Å². The van der Waals surface area contributed by atoms with E-state index in [0.29, 0.717) is 60.4 Å². The van der Waals surface area contributed by atoms with Crippen molar-refractivity contribution in [1.29, 1.82) is 0 Å². The average molecular weight is 1360 g/mol. The number of pyridine rings is 2. The Balaban J connectivity index is 0.000000697. The summed E-state index contributed by atoms with van der Waals surface area (Å²) in [6, 6.07) is 25.2. The van der Waals surface area contributed by atoms with Crippen molar-refractivity contribution in [3.05, 3.63) is 126 Å². The van der Waals surface area contributed by atoms with Crippen LogP contribution in [0.5, 0.6) is 11.8 Å². The Hall–Kier alpha value is -2.66. The van der Waals surface area contributed by atoms with Crippen molar-refractivity contribution in [2.24, 2.45) is 22.7 Å². The van der Waals surface area contributed by atoms with Crippen LogP contribution in [-0.4, -0.2) is 102 Å². The largest absolute Gasteiger partial charge is 1.00 e. The van der Waals surface area contributed by atoms with Crippen LogP contribution < -0.4 is 137 Å². The summed E-state index contributed by atoms with van der Waals surface area (Å²) in [5.74, 6) is 1.98. The second-order valence-corrected chi connectivity index (χ2v) is 26.9. The molecule has 2 atom stereocenters. The molecule has 86 heavy (non-hydrogen) atoms. The van der Waals surface area contributed by atoms with Gasteiger partial charge in [0.1, 0.15) is 11.0 Å². The summed E-state index contributed by atoms with van der Waals surface area (Å²) in [6.07, 6.45) is 12.8. The minimum atomic E-state index is -4.04. The van der Waals surface area contributed by atoms with Crippen molar-refractivity contribution in [3.63, 3.8) is 0 Å². The zero-order chi connectivity index (χ0) is 58.8. The first-order valence-electron chi connectivity index (χ1n) is 26.8. The van der Waals surface area contributed by atoms with Crippen molar-refractivity contribution in [3.8, 4) is 23.4 Å². The number of carbonyl (C=O) groups excluding carboxylic acids is 3. The molecule has 4 fully saturated rings. The van der Waals surface area contributed by atoms with Crippen LogP contribution in [0.25, 0.3) is 11.6 Å². The zero-order valence-corrected chi connectivity index (χ0v) is 61.8. The molecular formula is C57H78Cl2K2N10O11S4. The van der Waals surface area contributed by atoms with Crippen LogP contribution in [0.1, 0.15) is 129 Å². The number of nitrogens with zero attached hydrogens (tertiary/aromatic N) is 7. The quantitative estimate of drug-likeness (QED) is 0.0413. The number of anilines is 1. The van der Waals surface area contributed by atoms with Gasteiger partial charge in [-0.05, 0) is 133 Å². The molecule has 2 aliphatic carbocycles. The summed E-state index contributed by atoms with van der Waals surface area (Å²) in [7, 11) is -8.06. The Bertz CT molecular complexity index is 3390. The monoisotopic (exact) mass is 1350 g/mol. The summed E-state index contributed by atoms with van der Waals surface area (Å²) < 4.78 is 69.5. The molecule has 2 aromatic carbocycles. The molecule has 2 saturated heterocycles. The summed E-state index contributed by atoms with van der Waals surface area (Å²) in [6.45, 7) is 20.5. The average Bonchev–Trinajstić information content (AvgIpc) is 2.23. The molecule has 4 aromatic heterocycles. The molecule has 21 nitrogen and oxygen atoms in total. The predicted octanol–water partition coefficient (Wildman–Crippen LogP) is 2.79. The van der Waals surface area contributed by atoms with E-state index >= 15 is 0 Å². The molecule has 6 aromatic rings. The number of ether oxygens (including phenoxy) is 2. The van der Waals surface area contributed by atoms with Gasteiger partial charge in [-0.15, -0.1) is 22.6 Å². The second kappa shape index (κ2) is 34.7. The molecular weight excluding hydrogens is 1280 g/mol. The molecule has 4 aliphatic rings. The third-order valence-electron chi connectivity index (χ3n) is 14.8. The minimum absolute atomic E-state index is 0.